The number of esters is 1. The van der Waals surface area contributed by atoms with Crippen LogP contribution < -0.4 is 5.32 Å². The molecule has 0 aromatic heterocycles. The Morgan fingerprint density at radius 2 is 1.80 bits per heavy atom. The normalized spacial score (nSPS) is 11.7. The molecular weight excluding hydrogens is 385 g/mol. The summed E-state index contributed by atoms with van der Waals surface area (Å²) in [7, 11) is 0. The monoisotopic (exact) mass is 399 g/mol. The minimum atomic E-state index is -0.657. The summed E-state index contributed by atoms with van der Waals surface area (Å²) in [5.74, 6) is -0.897. The third-order valence-corrected chi connectivity index (χ3v) is 4.34. The first-order valence-electron chi connectivity index (χ1n) is 7.58. The van der Waals surface area contributed by atoms with Crippen LogP contribution in [0, 0.1) is 0 Å². The molecule has 0 aliphatic heterocycles. The maximum absolute atomic E-state index is 12.6. The van der Waals surface area contributed by atoms with E-state index < -0.39 is 17.9 Å². The van der Waals surface area contributed by atoms with Crippen molar-refractivity contribution in [2.45, 2.75) is 19.4 Å². The van der Waals surface area contributed by atoms with E-state index in [-0.39, 0.29) is 23.6 Å². The molecule has 25 heavy (non-hydrogen) atoms. The van der Waals surface area contributed by atoms with Crippen molar-refractivity contribution in [2.24, 2.45) is 0 Å². The Balaban J connectivity index is 2.29. The topological polar surface area (TPSA) is 55.4 Å². The first-order valence-corrected chi connectivity index (χ1v) is 8.71. The van der Waals surface area contributed by atoms with E-state index in [0.717, 1.165) is 0 Å². The SMILES string of the molecule is CCOC(=O)CC(NC(=O)c1cc(Cl)ccc1Cl)c1ccccc1Cl. The summed E-state index contributed by atoms with van der Waals surface area (Å²) in [6.07, 6.45) is -0.0541. The number of nitrogens with one attached hydrogen (secondary N) is 1. The average molecular weight is 401 g/mol. The number of halogens is 3. The molecule has 0 spiro atoms. The Morgan fingerprint density at radius 3 is 2.48 bits per heavy atom. The molecule has 0 saturated carbocycles. The molecule has 0 radical (unpaired) electrons. The van der Waals surface area contributed by atoms with Gasteiger partial charge in [0.25, 0.3) is 5.91 Å². The molecule has 0 fully saturated rings. The van der Waals surface area contributed by atoms with Crippen LogP contribution in [-0.2, 0) is 9.53 Å². The summed E-state index contributed by atoms with van der Waals surface area (Å²) >= 11 is 18.2. The lowest BCUT2D eigenvalue weighted by atomic mass is 10.0. The molecule has 0 bridgehead atoms. The second-order valence-corrected chi connectivity index (χ2v) is 6.43. The van der Waals surface area contributed by atoms with Gasteiger partial charge in [-0.25, -0.2) is 0 Å². The van der Waals surface area contributed by atoms with E-state index in [1.807, 2.05) is 0 Å². The Morgan fingerprint density at radius 1 is 1.08 bits per heavy atom. The van der Waals surface area contributed by atoms with Crippen LogP contribution in [0.2, 0.25) is 15.1 Å². The fourth-order valence-electron chi connectivity index (χ4n) is 2.29. The van der Waals surface area contributed by atoms with Crippen LogP contribution in [0.25, 0.3) is 0 Å². The lowest BCUT2D eigenvalue weighted by Crippen LogP contribution is -2.31. The highest BCUT2D eigenvalue weighted by molar-refractivity contribution is 6.35. The van der Waals surface area contributed by atoms with Gasteiger partial charge in [0.2, 0.25) is 0 Å². The summed E-state index contributed by atoms with van der Waals surface area (Å²) in [4.78, 5) is 24.5. The van der Waals surface area contributed by atoms with Crippen LogP contribution in [0.4, 0.5) is 0 Å². The minimum absolute atomic E-state index is 0.0541. The zero-order valence-electron chi connectivity index (χ0n) is 13.4. The van der Waals surface area contributed by atoms with Gasteiger partial charge in [-0.3, -0.25) is 9.59 Å². The fraction of sp³-hybridized carbons (Fsp3) is 0.222. The Bertz CT molecular complexity index is 780. The summed E-state index contributed by atoms with van der Waals surface area (Å²) in [5, 5.41) is 3.86. The van der Waals surface area contributed by atoms with Gasteiger partial charge in [-0.15, -0.1) is 0 Å². The number of amides is 1. The van der Waals surface area contributed by atoms with Crippen LogP contribution in [0.1, 0.15) is 35.3 Å². The molecule has 1 N–H and O–H groups in total. The molecule has 1 amide bonds. The largest absolute Gasteiger partial charge is 0.466 e. The quantitative estimate of drug-likeness (QED) is 0.689. The van der Waals surface area contributed by atoms with Gasteiger partial charge in [0, 0.05) is 10.0 Å². The first-order chi connectivity index (χ1) is 11.9. The van der Waals surface area contributed by atoms with Crippen LogP contribution in [0.3, 0.4) is 0 Å². The van der Waals surface area contributed by atoms with Gasteiger partial charge in [-0.1, -0.05) is 53.0 Å². The lowest BCUT2D eigenvalue weighted by molar-refractivity contribution is -0.143. The highest BCUT2D eigenvalue weighted by atomic mass is 35.5. The highest BCUT2D eigenvalue weighted by Gasteiger charge is 2.23. The number of hydrogen-bond acceptors (Lipinski definition) is 3. The molecule has 132 valence electrons. The molecule has 7 heteroatoms. The molecule has 2 rings (SSSR count). The maximum atomic E-state index is 12.6. The molecule has 0 aliphatic rings. The maximum Gasteiger partial charge on any atom is 0.308 e. The summed E-state index contributed by atoms with van der Waals surface area (Å²) in [6.45, 7) is 1.97. The molecule has 0 saturated heterocycles. The number of benzene rings is 2. The van der Waals surface area contributed by atoms with Gasteiger partial charge >= 0.3 is 5.97 Å². The van der Waals surface area contributed by atoms with E-state index in [1.54, 1.807) is 37.3 Å². The zero-order valence-corrected chi connectivity index (χ0v) is 15.7. The van der Waals surface area contributed by atoms with Gasteiger partial charge in [0.15, 0.2) is 0 Å². The van der Waals surface area contributed by atoms with E-state index in [1.165, 1.54) is 12.1 Å². The Labute approximate surface area is 161 Å². The summed E-state index contributed by atoms with van der Waals surface area (Å²) in [5.41, 5.74) is 0.832. The summed E-state index contributed by atoms with van der Waals surface area (Å²) < 4.78 is 4.98. The minimum Gasteiger partial charge on any atom is -0.466 e. The standard InChI is InChI=1S/C18H16Cl3NO3/c1-2-25-17(23)10-16(12-5-3-4-6-14(12)20)22-18(24)13-9-11(19)7-8-15(13)21/h3-9,16H,2,10H2,1H3,(H,22,24). The van der Waals surface area contributed by atoms with Crippen molar-refractivity contribution in [3.8, 4) is 0 Å². The molecule has 1 unspecified atom stereocenters. The second-order valence-electron chi connectivity index (χ2n) is 5.18. The van der Waals surface area contributed by atoms with E-state index in [9.17, 15) is 9.59 Å². The van der Waals surface area contributed by atoms with Gasteiger partial charge in [-0.2, -0.15) is 0 Å². The summed E-state index contributed by atoms with van der Waals surface area (Å²) in [6, 6.07) is 10.9. The molecule has 4 nitrogen and oxygen atoms in total. The van der Waals surface area contributed by atoms with Gasteiger partial charge in [-0.05, 0) is 36.8 Å². The second kappa shape index (κ2) is 9.09. The predicted molar refractivity (Wildman–Crippen MR) is 99.4 cm³/mol. The lowest BCUT2D eigenvalue weighted by Gasteiger charge is -2.20. The molecule has 1 atom stereocenters. The zero-order chi connectivity index (χ0) is 18.4. The molecule has 0 heterocycles. The van der Waals surface area contributed by atoms with Gasteiger partial charge < -0.3 is 10.1 Å². The highest BCUT2D eigenvalue weighted by Crippen LogP contribution is 2.27. The van der Waals surface area contributed by atoms with E-state index in [0.29, 0.717) is 15.6 Å². The smallest absolute Gasteiger partial charge is 0.308 e. The number of rotatable bonds is 6. The molecular formula is C18H16Cl3NO3. The van der Waals surface area contributed by atoms with Crippen molar-refractivity contribution < 1.29 is 14.3 Å². The van der Waals surface area contributed by atoms with Crippen molar-refractivity contribution in [3.05, 3.63) is 68.7 Å². The molecule has 2 aromatic rings. The number of carbonyl (C=O) groups excluding carboxylic acids is 2. The number of hydrogen-bond donors (Lipinski definition) is 1. The first kappa shape index (κ1) is 19.6. The van der Waals surface area contributed by atoms with Crippen molar-refractivity contribution in [1.29, 1.82) is 0 Å². The Hall–Kier alpha value is -1.75. The third kappa shape index (κ3) is 5.36. The molecule has 0 aliphatic carbocycles. The van der Waals surface area contributed by atoms with Crippen molar-refractivity contribution in [3.63, 3.8) is 0 Å². The fourth-order valence-corrected chi connectivity index (χ4v) is 2.93. The van der Waals surface area contributed by atoms with E-state index in [2.05, 4.69) is 5.32 Å². The predicted octanol–water partition coefficient (Wildman–Crippen LogP) is 5.07. The van der Waals surface area contributed by atoms with Crippen molar-refractivity contribution >= 4 is 46.7 Å². The van der Waals surface area contributed by atoms with Crippen LogP contribution in [0.15, 0.2) is 42.5 Å². The average Bonchev–Trinajstić information content (AvgIpc) is 2.57. The molecule has 2 aromatic carbocycles. The third-order valence-electron chi connectivity index (χ3n) is 3.44. The van der Waals surface area contributed by atoms with Crippen LogP contribution in [-0.4, -0.2) is 18.5 Å². The van der Waals surface area contributed by atoms with Crippen LogP contribution in [0.5, 0.6) is 0 Å². The van der Waals surface area contributed by atoms with Crippen LogP contribution >= 0.6 is 34.8 Å². The van der Waals surface area contributed by atoms with Gasteiger partial charge in [0.1, 0.15) is 0 Å². The Kier molecular flexibility index (Phi) is 7.12. The van der Waals surface area contributed by atoms with Crippen molar-refractivity contribution in [2.75, 3.05) is 6.61 Å². The van der Waals surface area contributed by atoms with Crippen molar-refractivity contribution in [1.82, 2.24) is 5.32 Å². The number of carbonyl (C=O) groups is 2. The number of ether oxygens (including phenoxy) is 1. The van der Waals surface area contributed by atoms with E-state index >= 15 is 0 Å². The van der Waals surface area contributed by atoms with Gasteiger partial charge in [0.05, 0.1) is 29.7 Å². The van der Waals surface area contributed by atoms with E-state index in [4.69, 9.17) is 39.5 Å².